The topological polar surface area (TPSA) is 37.4 Å². The molecule has 1 saturated carbocycles. The van der Waals surface area contributed by atoms with Gasteiger partial charge in [0.1, 0.15) is 0 Å². The van der Waals surface area contributed by atoms with Gasteiger partial charge in [-0.1, -0.05) is 39.5 Å². The summed E-state index contributed by atoms with van der Waals surface area (Å²) in [5.41, 5.74) is -0.234. The molecule has 0 spiro atoms. The highest BCUT2D eigenvalue weighted by molar-refractivity contribution is 5.90. The molecule has 1 aliphatic carbocycles. The number of hydrogen-bond donors (Lipinski definition) is 0. The number of piperidine rings is 1. The minimum absolute atomic E-state index is 0.186. The molecule has 1 aliphatic heterocycles. The van der Waals surface area contributed by atoms with Gasteiger partial charge < -0.3 is 4.90 Å². The average molecular weight is 251 g/mol. The molecule has 2 rings (SSSR count). The molecular weight excluding hydrogens is 226 g/mol. The zero-order valence-electron chi connectivity index (χ0n) is 11.7. The third-order valence-corrected chi connectivity index (χ3v) is 4.69. The Hall–Kier alpha value is -0.860. The van der Waals surface area contributed by atoms with E-state index in [-0.39, 0.29) is 17.1 Å². The molecule has 2 fully saturated rings. The fraction of sp³-hybridized carbons (Fsp3) is 0.867. The predicted octanol–water partition coefficient (Wildman–Crippen LogP) is 2.78. The van der Waals surface area contributed by atoms with E-state index in [2.05, 4.69) is 0 Å². The van der Waals surface area contributed by atoms with Crippen molar-refractivity contribution in [2.24, 2.45) is 11.3 Å². The minimum Gasteiger partial charge on any atom is -0.335 e. The number of Topliss-reactive ketones (excluding diaryl/α,β-unsaturated/α-hetero) is 1. The van der Waals surface area contributed by atoms with Gasteiger partial charge in [0, 0.05) is 18.4 Å². The molecule has 2 aliphatic rings. The third-order valence-electron chi connectivity index (χ3n) is 4.69. The van der Waals surface area contributed by atoms with Gasteiger partial charge >= 0.3 is 0 Å². The summed E-state index contributed by atoms with van der Waals surface area (Å²) in [6, 6.07) is 0. The van der Waals surface area contributed by atoms with Crippen molar-refractivity contribution < 1.29 is 9.59 Å². The number of ketones is 1. The van der Waals surface area contributed by atoms with Gasteiger partial charge in [-0.05, 0) is 18.8 Å². The van der Waals surface area contributed by atoms with Crippen LogP contribution in [0.2, 0.25) is 0 Å². The Kier molecular flexibility index (Phi) is 4.08. The van der Waals surface area contributed by atoms with E-state index in [0.29, 0.717) is 13.0 Å². The van der Waals surface area contributed by atoms with E-state index in [4.69, 9.17) is 0 Å². The van der Waals surface area contributed by atoms with Gasteiger partial charge in [0.25, 0.3) is 0 Å². The van der Waals surface area contributed by atoms with Crippen LogP contribution in [0, 0.1) is 11.3 Å². The lowest BCUT2D eigenvalue weighted by Gasteiger charge is -2.35. The van der Waals surface area contributed by atoms with E-state index < -0.39 is 0 Å². The van der Waals surface area contributed by atoms with Crippen LogP contribution >= 0.6 is 0 Å². The molecule has 0 atom stereocenters. The summed E-state index contributed by atoms with van der Waals surface area (Å²) in [4.78, 5) is 25.7. The fourth-order valence-electron chi connectivity index (χ4n) is 3.02. The van der Waals surface area contributed by atoms with Gasteiger partial charge in [0.2, 0.25) is 5.91 Å². The highest BCUT2D eigenvalue weighted by atomic mass is 16.2. The highest BCUT2D eigenvalue weighted by Gasteiger charge is 2.35. The van der Waals surface area contributed by atoms with Crippen molar-refractivity contribution in [1.82, 2.24) is 4.90 Å². The SMILES string of the molecule is CC1(C)CCN(C(=O)CCC2CCCC2)CC1=O. The van der Waals surface area contributed by atoms with Gasteiger partial charge in [-0.15, -0.1) is 0 Å². The Labute approximate surface area is 110 Å². The fourth-order valence-corrected chi connectivity index (χ4v) is 3.02. The van der Waals surface area contributed by atoms with Crippen LogP contribution in [0.5, 0.6) is 0 Å². The molecular formula is C15H25NO2. The zero-order valence-corrected chi connectivity index (χ0v) is 11.7. The molecule has 0 aromatic rings. The van der Waals surface area contributed by atoms with Gasteiger partial charge in [-0.2, -0.15) is 0 Å². The molecule has 3 heteroatoms. The Morgan fingerprint density at radius 1 is 1.33 bits per heavy atom. The first kappa shape index (κ1) is 13.6. The van der Waals surface area contributed by atoms with Crippen LogP contribution in [0.15, 0.2) is 0 Å². The first-order valence-corrected chi connectivity index (χ1v) is 7.30. The average Bonchev–Trinajstić information content (AvgIpc) is 2.82. The predicted molar refractivity (Wildman–Crippen MR) is 71.2 cm³/mol. The molecule has 1 heterocycles. The summed E-state index contributed by atoms with van der Waals surface area (Å²) >= 11 is 0. The van der Waals surface area contributed by atoms with Crippen molar-refractivity contribution in [1.29, 1.82) is 0 Å². The van der Waals surface area contributed by atoms with Crippen molar-refractivity contribution >= 4 is 11.7 Å². The maximum Gasteiger partial charge on any atom is 0.222 e. The number of likely N-dealkylation sites (tertiary alicyclic amines) is 1. The molecule has 0 radical (unpaired) electrons. The second-order valence-corrected chi connectivity index (χ2v) is 6.56. The van der Waals surface area contributed by atoms with Crippen molar-refractivity contribution in [2.45, 2.75) is 58.8 Å². The minimum atomic E-state index is -0.234. The third kappa shape index (κ3) is 3.12. The number of nitrogens with zero attached hydrogens (tertiary/aromatic N) is 1. The highest BCUT2D eigenvalue weighted by Crippen LogP contribution is 2.30. The summed E-state index contributed by atoms with van der Waals surface area (Å²) in [5.74, 6) is 1.15. The number of carbonyl (C=O) groups is 2. The van der Waals surface area contributed by atoms with E-state index in [1.165, 1.54) is 25.7 Å². The summed E-state index contributed by atoms with van der Waals surface area (Å²) in [7, 11) is 0. The second kappa shape index (κ2) is 5.41. The van der Waals surface area contributed by atoms with E-state index in [9.17, 15) is 9.59 Å². The molecule has 0 bridgehead atoms. The lowest BCUT2D eigenvalue weighted by atomic mass is 9.81. The number of carbonyl (C=O) groups excluding carboxylic acids is 2. The van der Waals surface area contributed by atoms with Crippen molar-refractivity contribution in [3.05, 3.63) is 0 Å². The maximum absolute atomic E-state index is 12.1. The lowest BCUT2D eigenvalue weighted by molar-refractivity contribution is -0.143. The van der Waals surface area contributed by atoms with E-state index in [1.54, 1.807) is 4.90 Å². The molecule has 1 saturated heterocycles. The van der Waals surface area contributed by atoms with Crippen LogP contribution in [0.1, 0.15) is 58.8 Å². The summed E-state index contributed by atoms with van der Waals surface area (Å²) in [5, 5.41) is 0. The summed E-state index contributed by atoms with van der Waals surface area (Å²) in [6.45, 7) is 5.05. The monoisotopic (exact) mass is 251 g/mol. The molecule has 1 amide bonds. The quantitative estimate of drug-likeness (QED) is 0.773. The first-order chi connectivity index (χ1) is 8.49. The van der Waals surface area contributed by atoms with E-state index in [0.717, 1.165) is 25.3 Å². The van der Waals surface area contributed by atoms with Crippen LogP contribution in [0.4, 0.5) is 0 Å². The second-order valence-electron chi connectivity index (χ2n) is 6.56. The standard InChI is InChI=1S/C15H25NO2/c1-15(2)9-10-16(11-13(15)17)14(18)8-7-12-5-3-4-6-12/h12H,3-11H2,1-2H3. The summed E-state index contributed by atoms with van der Waals surface area (Å²) < 4.78 is 0. The van der Waals surface area contributed by atoms with Gasteiger partial charge in [0.15, 0.2) is 5.78 Å². The number of amides is 1. The Balaban J connectivity index is 1.77. The normalized spacial score (nSPS) is 24.6. The van der Waals surface area contributed by atoms with E-state index >= 15 is 0 Å². The molecule has 102 valence electrons. The van der Waals surface area contributed by atoms with Gasteiger partial charge in [-0.25, -0.2) is 0 Å². The van der Waals surface area contributed by atoms with Gasteiger partial charge in [0.05, 0.1) is 6.54 Å². The largest absolute Gasteiger partial charge is 0.335 e. The molecule has 0 aromatic heterocycles. The smallest absolute Gasteiger partial charge is 0.222 e. The van der Waals surface area contributed by atoms with E-state index in [1.807, 2.05) is 13.8 Å². The van der Waals surface area contributed by atoms with Crippen LogP contribution in [0.25, 0.3) is 0 Å². The van der Waals surface area contributed by atoms with Crippen LogP contribution < -0.4 is 0 Å². The number of hydrogen-bond acceptors (Lipinski definition) is 2. The van der Waals surface area contributed by atoms with Crippen molar-refractivity contribution in [3.8, 4) is 0 Å². The maximum atomic E-state index is 12.1. The first-order valence-electron chi connectivity index (χ1n) is 7.30. The van der Waals surface area contributed by atoms with Crippen molar-refractivity contribution in [3.63, 3.8) is 0 Å². The molecule has 3 nitrogen and oxygen atoms in total. The van der Waals surface area contributed by atoms with Crippen LogP contribution in [-0.4, -0.2) is 29.7 Å². The van der Waals surface area contributed by atoms with Crippen LogP contribution in [-0.2, 0) is 9.59 Å². The Morgan fingerprint density at radius 3 is 2.61 bits per heavy atom. The Morgan fingerprint density at radius 2 is 2.00 bits per heavy atom. The molecule has 0 unspecified atom stereocenters. The molecule has 18 heavy (non-hydrogen) atoms. The number of rotatable bonds is 3. The zero-order chi connectivity index (χ0) is 13.2. The molecule has 0 N–H and O–H groups in total. The van der Waals surface area contributed by atoms with Crippen molar-refractivity contribution in [2.75, 3.05) is 13.1 Å². The van der Waals surface area contributed by atoms with Gasteiger partial charge in [-0.3, -0.25) is 9.59 Å². The summed E-state index contributed by atoms with van der Waals surface area (Å²) in [6.07, 6.45) is 7.70. The molecule has 0 aromatic carbocycles. The Bertz CT molecular complexity index is 329. The van der Waals surface area contributed by atoms with Crippen LogP contribution in [0.3, 0.4) is 0 Å². The lowest BCUT2D eigenvalue weighted by Crippen LogP contribution is -2.47.